The van der Waals surface area contributed by atoms with Gasteiger partial charge in [0.25, 0.3) is 0 Å². The van der Waals surface area contributed by atoms with Crippen molar-refractivity contribution >= 4 is 10.8 Å². The van der Waals surface area contributed by atoms with Gasteiger partial charge in [-0.1, -0.05) is 55.3 Å². The third kappa shape index (κ3) is 4.71. The maximum absolute atomic E-state index is 6.71. The number of rotatable bonds is 5. The van der Waals surface area contributed by atoms with Crippen LogP contribution in [0.15, 0.2) is 42.5 Å². The summed E-state index contributed by atoms with van der Waals surface area (Å²) in [5, 5.41) is 2.59. The van der Waals surface area contributed by atoms with Crippen molar-refractivity contribution in [2.45, 2.75) is 51.1 Å². The fraction of sp³-hybridized carbons (Fsp3) is 0.583. The quantitative estimate of drug-likeness (QED) is 0.828. The molecule has 0 saturated carbocycles. The number of piperidine rings is 1. The third-order valence-corrected chi connectivity index (χ3v) is 6.74. The lowest BCUT2D eigenvalue weighted by Crippen LogP contribution is -2.41. The van der Waals surface area contributed by atoms with Crippen molar-refractivity contribution in [3.8, 4) is 0 Å². The largest absolute Gasteiger partial charge is 0.312 e. The summed E-state index contributed by atoms with van der Waals surface area (Å²) in [4.78, 5) is 5.20. The minimum absolute atomic E-state index is 0.0163. The van der Waals surface area contributed by atoms with Crippen LogP contribution in [0.25, 0.3) is 10.8 Å². The third-order valence-electron chi connectivity index (χ3n) is 6.74. The molecule has 2 saturated heterocycles. The zero-order valence-electron chi connectivity index (χ0n) is 16.7. The first-order valence-corrected chi connectivity index (χ1v) is 11.0. The lowest BCUT2D eigenvalue weighted by Gasteiger charge is -2.37. The molecule has 4 rings (SSSR count). The standard InChI is InChI=1S/C24H35N3/c25-24(23-11-7-9-21-8-3-4-10-22(21)23)27-18-13-20(14-19-27)12-17-26-15-5-1-2-6-16-26/h3-4,7-11,20,24H,1-2,5-6,12-19,25H2. The van der Waals surface area contributed by atoms with E-state index in [1.165, 1.54) is 80.9 Å². The van der Waals surface area contributed by atoms with Crippen LogP contribution in [-0.2, 0) is 0 Å². The lowest BCUT2D eigenvalue weighted by molar-refractivity contribution is 0.125. The second kappa shape index (κ2) is 9.18. The Morgan fingerprint density at radius 1 is 0.852 bits per heavy atom. The summed E-state index contributed by atoms with van der Waals surface area (Å²) in [6.07, 6.45) is 9.65. The van der Waals surface area contributed by atoms with Gasteiger partial charge in [-0.3, -0.25) is 4.90 Å². The maximum Gasteiger partial charge on any atom is 0.0841 e. The summed E-state index contributed by atoms with van der Waals surface area (Å²) >= 11 is 0. The van der Waals surface area contributed by atoms with E-state index in [-0.39, 0.29) is 6.17 Å². The SMILES string of the molecule is NC(c1cccc2ccccc12)N1CCC(CCN2CCCCCC2)CC1. The van der Waals surface area contributed by atoms with Crippen molar-refractivity contribution in [1.29, 1.82) is 0 Å². The molecule has 146 valence electrons. The van der Waals surface area contributed by atoms with E-state index < -0.39 is 0 Å². The molecule has 0 aliphatic carbocycles. The van der Waals surface area contributed by atoms with Crippen molar-refractivity contribution in [2.75, 3.05) is 32.7 Å². The van der Waals surface area contributed by atoms with Gasteiger partial charge < -0.3 is 10.6 Å². The first-order valence-electron chi connectivity index (χ1n) is 11.0. The molecule has 2 aromatic rings. The molecule has 0 radical (unpaired) electrons. The molecule has 27 heavy (non-hydrogen) atoms. The van der Waals surface area contributed by atoms with Crippen molar-refractivity contribution in [3.63, 3.8) is 0 Å². The fourth-order valence-electron chi connectivity index (χ4n) is 4.95. The zero-order valence-corrected chi connectivity index (χ0v) is 16.7. The molecule has 2 fully saturated rings. The Morgan fingerprint density at radius 3 is 2.33 bits per heavy atom. The highest BCUT2D eigenvalue weighted by Crippen LogP contribution is 2.29. The van der Waals surface area contributed by atoms with Crippen LogP contribution in [0.2, 0.25) is 0 Å². The van der Waals surface area contributed by atoms with E-state index in [4.69, 9.17) is 5.73 Å². The molecule has 0 aromatic heterocycles. The summed E-state index contributed by atoms with van der Waals surface area (Å²) < 4.78 is 0. The Hall–Kier alpha value is -1.42. The van der Waals surface area contributed by atoms with E-state index in [0.717, 1.165) is 19.0 Å². The summed E-state index contributed by atoms with van der Waals surface area (Å²) in [6.45, 7) is 6.22. The van der Waals surface area contributed by atoms with Crippen LogP contribution in [0.3, 0.4) is 0 Å². The fourth-order valence-corrected chi connectivity index (χ4v) is 4.95. The molecule has 2 aliphatic heterocycles. The molecule has 3 nitrogen and oxygen atoms in total. The van der Waals surface area contributed by atoms with Gasteiger partial charge in [0.15, 0.2) is 0 Å². The van der Waals surface area contributed by atoms with Gasteiger partial charge in [-0.25, -0.2) is 0 Å². The summed E-state index contributed by atoms with van der Waals surface area (Å²) in [6, 6.07) is 15.1. The zero-order chi connectivity index (χ0) is 18.5. The summed E-state index contributed by atoms with van der Waals surface area (Å²) in [7, 11) is 0. The van der Waals surface area contributed by atoms with Crippen LogP contribution in [0.5, 0.6) is 0 Å². The first-order chi connectivity index (χ1) is 13.3. The second-order valence-electron chi connectivity index (χ2n) is 8.54. The molecule has 2 aromatic carbocycles. The highest BCUT2D eigenvalue weighted by Gasteiger charge is 2.25. The first kappa shape index (κ1) is 18.9. The average molecular weight is 366 g/mol. The van der Waals surface area contributed by atoms with Crippen LogP contribution in [0.1, 0.15) is 56.7 Å². The van der Waals surface area contributed by atoms with Gasteiger partial charge in [0.1, 0.15) is 0 Å². The second-order valence-corrected chi connectivity index (χ2v) is 8.54. The summed E-state index contributed by atoms with van der Waals surface area (Å²) in [5.74, 6) is 0.879. The van der Waals surface area contributed by atoms with Crippen LogP contribution < -0.4 is 5.73 Å². The molecule has 2 aliphatic rings. The molecule has 1 unspecified atom stereocenters. The van der Waals surface area contributed by atoms with Crippen molar-refractivity contribution in [3.05, 3.63) is 48.0 Å². The van der Waals surface area contributed by atoms with Crippen LogP contribution in [0.4, 0.5) is 0 Å². The van der Waals surface area contributed by atoms with Gasteiger partial charge in [0, 0.05) is 13.1 Å². The van der Waals surface area contributed by atoms with Gasteiger partial charge >= 0.3 is 0 Å². The molecule has 2 heterocycles. The van der Waals surface area contributed by atoms with E-state index >= 15 is 0 Å². The number of benzene rings is 2. The molecule has 3 heteroatoms. The predicted molar refractivity (Wildman–Crippen MR) is 115 cm³/mol. The molecular formula is C24H35N3. The average Bonchev–Trinajstić information content (AvgIpc) is 3.01. The van der Waals surface area contributed by atoms with Crippen molar-refractivity contribution in [2.24, 2.45) is 11.7 Å². The monoisotopic (exact) mass is 365 g/mol. The topological polar surface area (TPSA) is 32.5 Å². The van der Waals surface area contributed by atoms with Gasteiger partial charge in [0.2, 0.25) is 0 Å². The molecule has 0 amide bonds. The highest BCUT2D eigenvalue weighted by atomic mass is 15.2. The Kier molecular flexibility index (Phi) is 6.43. The summed E-state index contributed by atoms with van der Waals surface area (Å²) in [5.41, 5.74) is 7.98. The minimum Gasteiger partial charge on any atom is -0.312 e. The van der Waals surface area contributed by atoms with Gasteiger partial charge in [0.05, 0.1) is 6.17 Å². The molecule has 1 atom stereocenters. The normalized spacial score (nSPS) is 22.0. The van der Waals surface area contributed by atoms with Crippen molar-refractivity contribution < 1.29 is 0 Å². The van der Waals surface area contributed by atoms with Gasteiger partial charge in [-0.15, -0.1) is 0 Å². The van der Waals surface area contributed by atoms with Gasteiger partial charge in [-0.2, -0.15) is 0 Å². The lowest BCUT2D eigenvalue weighted by atomic mass is 9.92. The van der Waals surface area contributed by atoms with E-state index in [1.807, 2.05) is 0 Å². The smallest absolute Gasteiger partial charge is 0.0841 e. The minimum atomic E-state index is 0.0163. The van der Waals surface area contributed by atoms with E-state index in [1.54, 1.807) is 0 Å². The Labute approximate surface area is 164 Å². The number of nitrogens with zero attached hydrogens (tertiary/aromatic N) is 2. The van der Waals surface area contributed by atoms with E-state index in [9.17, 15) is 0 Å². The molecule has 0 spiro atoms. The Morgan fingerprint density at radius 2 is 1.56 bits per heavy atom. The Balaban J connectivity index is 1.30. The van der Waals surface area contributed by atoms with Gasteiger partial charge in [-0.05, 0) is 74.0 Å². The highest BCUT2D eigenvalue weighted by molar-refractivity contribution is 5.86. The predicted octanol–water partition coefficient (Wildman–Crippen LogP) is 4.78. The van der Waals surface area contributed by atoms with Crippen LogP contribution in [-0.4, -0.2) is 42.5 Å². The molecule has 0 bridgehead atoms. The maximum atomic E-state index is 6.71. The number of likely N-dealkylation sites (tertiary alicyclic amines) is 2. The number of hydrogen-bond donors (Lipinski definition) is 1. The number of nitrogens with two attached hydrogens (primary N) is 1. The van der Waals surface area contributed by atoms with E-state index in [0.29, 0.717) is 0 Å². The molecule has 2 N–H and O–H groups in total. The number of hydrogen-bond acceptors (Lipinski definition) is 3. The number of fused-ring (bicyclic) bond motifs is 1. The van der Waals surface area contributed by atoms with Crippen LogP contribution in [0, 0.1) is 5.92 Å². The Bertz CT molecular complexity index is 707. The van der Waals surface area contributed by atoms with E-state index in [2.05, 4.69) is 52.3 Å². The molecular weight excluding hydrogens is 330 g/mol. The van der Waals surface area contributed by atoms with Crippen LogP contribution >= 0.6 is 0 Å². The van der Waals surface area contributed by atoms with Crippen molar-refractivity contribution in [1.82, 2.24) is 9.80 Å².